The number of carbonyl (C=O) groups is 2. The minimum absolute atomic E-state index is 0.139. The summed E-state index contributed by atoms with van der Waals surface area (Å²) < 4.78 is 4.81. The number of aromatic nitrogens is 1. The second-order valence-electron chi connectivity index (χ2n) is 4.25. The molecule has 102 valence electrons. The van der Waals surface area contributed by atoms with Gasteiger partial charge in [0.15, 0.2) is 0 Å². The molecule has 1 unspecified atom stereocenters. The second kappa shape index (κ2) is 6.06. The van der Waals surface area contributed by atoms with Crippen LogP contribution in [0.5, 0.6) is 0 Å². The molecule has 1 aromatic rings. The van der Waals surface area contributed by atoms with E-state index >= 15 is 0 Å². The molecule has 2 heterocycles. The smallest absolute Gasteiger partial charge is 0.328 e. The van der Waals surface area contributed by atoms with Crippen LogP contribution in [-0.4, -0.2) is 46.9 Å². The van der Waals surface area contributed by atoms with Crippen LogP contribution in [0.3, 0.4) is 0 Å². The van der Waals surface area contributed by atoms with E-state index in [2.05, 4.69) is 4.98 Å². The maximum atomic E-state index is 12.3. The van der Waals surface area contributed by atoms with E-state index in [4.69, 9.17) is 4.74 Å². The normalized spacial score (nSPS) is 15.3. The summed E-state index contributed by atoms with van der Waals surface area (Å²) in [5.41, 5.74) is 1.31. The Morgan fingerprint density at radius 1 is 1.63 bits per heavy atom. The van der Waals surface area contributed by atoms with Gasteiger partial charge in [0.25, 0.3) is 5.91 Å². The van der Waals surface area contributed by atoms with Gasteiger partial charge in [-0.1, -0.05) is 0 Å². The lowest BCUT2D eigenvalue weighted by atomic mass is 10.2. The van der Waals surface area contributed by atoms with Crippen molar-refractivity contribution in [3.8, 4) is 0 Å². The van der Waals surface area contributed by atoms with E-state index < -0.39 is 6.04 Å². The van der Waals surface area contributed by atoms with Crippen LogP contribution in [0.25, 0.3) is 0 Å². The molecule has 1 atom stereocenters. The molecule has 0 N–H and O–H groups in total. The lowest BCUT2D eigenvalue weighted by Crippen LogP contribution is -2.42. The van der Waals surface area contributed by atoms with E-state index in [1.165, 1.54) is 7.11 Å². The van der Waals surface area contributed by atoms with Gasteiger partial charge in [-0.15, -0.1) is 0 Å². The molecule has 2 rings (SSSR count). The lowest BCUT2D eigenvalue weighted by Gasteiger charge is -2.25. The monoisotopic (exact) mass is 280 g/mol. The molecule has 1 amide bonds. The number of esters is 1. The quantitative estimate of drug-likeness (QED) is 0.762. The number of rotatable bonds is 5. The van der Waals surface area contributed by atoms with Crippen molar-refractivity contribution < 1.29 is 14.3 Å². The topological polar surface area (TPSA) is 59.5 Å². The van der Waals surface area contributed by atoms with Crippen LogP contribution in [0.1, 0.15) is 22.5 Å². The molecule has 1 aromatic heterocycles. The predicted molar refractivity (Wildman–Crippen MR) is 72.9 cm³/mol. The number of fused-ring (bicyclic) bond motifs is 1. The highest BCUT2D eigenvalue weighted by Crippen LogP contribution is 2.24. The van der Waals surface area contributed by atoms with Gasteiger partial charge in [0.2, 0.25) is 0 Å². The molecule has 0 aromatic carbocycles. The van der Waals surface area contributed by atoms with Crippen LogP contribution in [0.15, 0.2) is 18.3 Å². The number of hydrogen-bond donors (Lipinski definition) is 0. The van der Waals surface area contributed by atoms with Gasteiger partial charge >= 0.3 is 5.97 Å². The Hall–Kier alpha value is -1.56. The van der Waals surface area contributed by atoms with E-state index in [9.17, 15) is 9.59 Å². The zero-order valence-corrected chi connectivity index (χ0v) is 11.8. The van der Waals surface area contributed by atoms with Crippen LogP contribution in [0.2, 0.25) is 0 Å². The van der Waals surface area contributed by atoms with E-state index in [0.717, 1.165) is 11.4 Å². The van der Waals surface area contributed by atoms with Gasteiger partial charge in [-0.3, -0.25) is 9.78 Å². The third kappa shape index (κ3) is 2.73. The number of carbonyl (C=O) groups excluding carboxylic acids is 2. The molecule has 1 aliphatic heterocycles. The zero-order valence-electron chi connectivity index (χ0n) is 11.0. The number of amides is 1. The highest BCUT2D eigenvalue weighted by Gasteiger charge is 2.37. The minimum Gasteiger partial charge on any atom is -0.467 e. The van der Waals surface area contributed by atoms with Crippen LogP contribution in [0.4, 0.5) is 0 Å². The summed E-state index contributed by atoms with van der Waals surface area (Å²) in [5, 5.41) is 0. The Kier molecular flexibility index (Phi) is 4.42. The number of nitrogens with zero attached hydrogens (tertiary/aromatic N) is 2. The van der Waals surface area contributed by atoms with Crippen molar-refractivity contribution in [2.24, 2.45) is 0 Å². The third-order valence-corrected chi connectivity index (χ3v) is 3.79. The molecule has 19 heavy (non-hydrogen) atoms. The lowest BCUT2D eigenvalue weighted by molar-refractivity contribution is -0.146. The standard InChI is InChI=1S/C13H16N2O3S/c1-18-13(17)11(5-7-19-2)15-8-10-9(12(15)16)4-3-6-14-10/h3-4,6,11H,5,7-8H2,1-2H3. The SMILES string of the molecule is COC(=O)C(CCSC)N1Cc2ncccc2C1=O. The Bertz CT molecular complexity index is 493. The van der Waals surface area contributed by atoms with Gasteiger partial charge in [-0.05, 0) is 30.6 Å². The first-order valence-corrected chi connectivity index (χ1v) is 7.40. The first-order chi connectivity index (χ1) is 9.19. The van der Waals surface area contributed by atoms with Gasteiger partial charge in [0.05, 0.1) is 24.9 Å². The molecule has 0 bridgehead atoms. The van der Waals surface area contributed by atoms with Gasteiger partial charge in [-0.25, -0.2) is 4.79 Å². The zero-order chi connectivity index (χ0) is 13.8. The number of hydrogen-bond acceptors (Lipinski definition) is 5. The Labute approximate surface area is 116 Å². The summed E-state index contributed by atoms with van der Waals surface area (Å²) in [5.74, 6) is 0.294. The van der Waals surface area contributed by atoms with Crippen LogP contribution in [0, 0.1) is 0 Å². The molecule has 5 nitrogen and oxygen atoms in total. The first kappa shape index (κ1) is 13.9. The molecule has 0 saturated carbocycles. The van der Waals surface area contributed by atoms with Crippen molar-refractivity contribution in [3.05, 3.63) is 29.6 Å². The number of ether oxygens (including phenoxy) is 1. The fourth-order valence-electron chi connectivity index (χ4n) is 2.16. The highest BCUT2D eigenvalue weighted by atomic mass is 32.2. The van der Waals surface area contributed by atoms with Gasteiger partial charge < -0.3 is 9.64 Å². The van der Waals surface area contributed by atoms with Gasteiger partial charge in [0, 0.05) is 6.20 Å². The van der Waals surface area contributed by atoms with E-state index in [1.807, 2.05) is 6.26 Å². The molecule has 0 fully saturated rings. The van der Waals surface area contributed by atoms with Gasteiger partial charge in [-0.2, -0.15) is 11.8 Å². The molecule has 0 aliphatic carbocycles. The molecule has 0 spiro atoms. The van der Waals surface area contributed by atoms with Crippen LogP contribution in [-0.2, 0) is 16.1 Å². The van der Waals surface area contributed by atoms with Crippen molar-refractivity contribution >= 4 is 23.6 Å². The second-order valence-corrected chi connectivity index (χ2v) is 5.24. The number of pyridine rings is 1. The highest BCUT2D eigenvalue weighted by molar-refractivity contribution is 7.98. The maximum Gasteiger partial charge on any atom is 0.328 e. The van der Waals surface area contributed by atoms with Gasteiger partial charge in [0.1, 0.15) is 6.04 Å². The van der Waals surface area contributed by atoms with E-state index in [0.29, 0.717) is 18.5 Å². The largest absolute Gasteiger partial charge is 0.467 e. The average Bonchev–Trinajstić information content (AvgIpc) is 2.77. The summed E-state index contributed by atoms with van der Waals surface area (Å²) in [4.78, 5) is 29.9. The Morgan fingerprint density at radius 3 is 3.05 bits per heavy atom. The molecule has 0 saturated heterocycles. The summed E-state index contributed by atoms with van der Waals surface area (Å²) >= 11 is 1.64. The fourth-order valence-corrected chi connectivity index (χ4v) is 2.62. The van der Waals surface area contributed by atoms with Crippen molar-refractivity contribution in [3.63, 3.8) is 0 Å². The van der Waals surface area contributed by atoms with Crippen molar-refractivity contribution in [1.82, 2.24) is 9.88 Å². The third-order valence-electron chi connectivity index (χ3n) is 3.15. The summed E-state index contributed by atoms with van der Waals surface area (Å²) in [6.45, 7) is 0.378. The Morgan fingerprint density at radius 2 is 2.42 bits per heavy atom. The summed E-state index contributed by atoms with van der Waals surface area (Å²) in [6, 6.07) is 2.95. The number of methoxy groups -OCH3 is 1. The maximum absolute atomic E-state index is 12.3. The van der Waals surface area contributed by atoms with Crippen molar-refractivity contribution in [2.75, 3.05) is 19.1 Å². The summed E-state index contributed by atoms with van der Waals surface area (Å²) in [7, 11) is 1.35. The summed E-state index contributed by atoms with van der Waals surface area (Å²) in [6.07, 6.45) is 4.22. The Balaban J connectivity index is 2.20. The minimum atomic E-state index is -0.529. The first-order valence-electron chi connectivity index (χ1n) is 6.00. The predicted octanol–water partition coefficient (Wildman–Crippen LogP) is 1.33. The molecule has 1 aliphatic rings. The molecule has 0 radical (unpaired) electrons. The number of thioether (sulfide) groups is 1. The molecular weight excluding hydrogens is 264 g/mol. The molecular formula is C13H16N2O3S. The van der Waals surface area contributed by atoms with Crippen molar-refractivity contribution in [2.45, 2.75) is 19.0 Å². The average molecular weight is 280 g/mol. The fraction of sp³-hybridized carbons (Fsp3) is 0.462. The van der Waals surface area contributed by atoms with Crippen LogP contribution < -0.4 is 0 Å². The van der Waals surface area contributed by atoms with Crippen LogP contribution >= 0.6 is 11.8 Å². The van der Waals surface area contributed by atoms with E-state index in [1.54, 1.807) is 35.0 Å². The molecule has 6 heteroatoms. The van der Waals surface area contributed by atoms with Crippen molar-refractivity contribution in [1.29, 1.82) is 0 Å². The van der Waals surface area contributed by atoms with E-state index in [-0.39, 0.29) is 11.9 Å².